The van der Waals surface area contributed by atoms with Crippen LogP contribution >= 0.6 is 0 Å². The number of nitrogen functional groups attached to an aromatic ring is 1. The number of halogens is 1. The lowest BCUT2D eigenvalue weighted by atomic mass is 9.95. The highest BCUT2D eigenvalue weighted by Gasteiger charge is 2.24. The van der Waals surface area contributed by atoms with Crippen molar-refractivity contribution in [1.29, 1.82) is 0 Å². The minimum atomic E-state index is -2.41. The molecule has 0 bridgehead atoms. The zero-order valence-corrected chi connectivity index (χ0v) is 22.4. The van der Waals surface area contributed by atoms with E-state index >= 15 is 4.39 Å². The molecule has 1 fully saturated rings. The number of nitrogens with two attached hydrogens (primary N) is 1. The van der Waals surface area contributed by atoms with Crippen LogP contribution in [0.1, 0.15) is 25.3 Å². The molecule has 0 saturated carbocycles. The fourth-order valence-electron chi connectivity index (χ4n) is 4.88. The molecule has 1 aliphatic heterocycles. The summed E-state index contributed by atoms with van der Waals surface area (Å²) in [4.78, 5) is 20.8. The molecule has 38 heavy (non-hydrogen) atoms. The first-order valence-electron chi connectivity index (χ1n) is 12.3. The van der Waals surface area contributed by atoms with Crippen LogP contribution in [0.5, 0.6) is 0 Å². The van der Waals surface area contributed by atoms with Gasteiger partial charge in [-0.05, 0) is 62.1 Å². The number of rotatable bonds is 5. The maximum Gasteiger partial charge on any atom is 0.250 e. The molecule has 0 spiro atoms. The Bertz CT molecular complexity index is 1740. The van der Waals surface area contributed by atoms with Crippen molar-refractivity contribution in [2.45, 2.75) is 26.7 Å². The molecule has 3 heterocycles. The Morgan fingerprint density at radius 1 is 1.18 bits per heavy atom. The third-order valence-electron chi connectivity index (χ3n) is 6.80. The summed E-state index contributed by atoms with van der Waals surface area (Å²) >= 11 is 0. The summed E-state index contributed by atoms with van der Waals surface area (Å²) in [6, 6.07) is 10.3. The predicted molar refractivity (Wildman–Crippen MR) is 151 cm³/mol. The molecule has 0 aliphatic carbocycles. The van der Waals surface area contributed by atoms with Crippen molar-refractivity contribution in [3.63, 3.8) is 0 Å². The third kappa shape index (κ3) is 4.56. The normalized spacial score (nSPS) is 14.5. The molecule has 4 aromatic rings. The summed E-state index contributed by atoms with van der Waals surface area (Å²) in [6.45, 7) is 7.26. The molecular weight excluding hydrogens is 503 g/mol. The predicted octanol–water partition coefficient (Wildman–Crippen LogP) is 5.74. The van der Waals surface area contributed by atoms with Crippen molar-refractivity contribution >= 4 is 43.9 Å². The second-order valence-corrected chi connectivity index (χ2v) is 12.2. The summed E-state index contributed by atoms with van der Waals surface area (Å²) in [5, 5.41) is 3.44. The lowest BCUT2D eigenvalue weighted by molar-refractivity contribution is -0.112. The van der Waals surface area contributed by atoms with E-state index in [1.54, 1.807) is 25.1 Å². The largest absolute Gasteiger partial charge is 0.383 e. The maximum atomic E-state index is 15.4. The molecule has 5 rings (SSSR count). The SMILES string of the molecule is C=C(C)C(=O)Nc1ccc(-c2c(-c3ccc(N=S4(=O)CCCC4)c(F)c3)c3c(N)ncnc3n2C)c(C)c1. The van der Waals surface area contributed by atoms with E-state index in [4.69, 9.17) is 5.73 Å². The zero-order chi connectivity index (χ0) is 27.2. The fourth-order valence-corrected chi connectivity index (χ4v) is 7.08. The zero-order valence-electron chi connectivity index (χ0n) is 21.5. The van der Waals surface area contributed by atoms with E-state index in [-0.39, 0.29) is 17.4 Å². The monoisotopic (exact) mass is 532 g/mol. The van der Waals surface area contributed by atoms with Gasteiger partial charge in [-0.3, -0.25) is 4.79 Å². The Hall–Kier alpha value is -4.05. The molecule has 3 N–H and O–H groups in total. The number of hydrogen-bond acceptors (Lipinski definition) is 6. The smallest absolute Gasteiger partial charge is 0.250 e. The highest BCUT2D eigenvalue weighted by atomic mass is 32.2. The lowest BCUT2D eigenvalue weighted by Crippen LogP contribution is -2.11. The minimum Gasteiger partial charge on any atom is -0.383 e. The van der Waals surface area contributed by atoms with Gasteiger partial charge in [0.15, 0.2) is 0 Å². The van der Waals surface area contributed by atoms with Gasteiger partial charge in [0, 0.05) is 40.9 Å². The van der Waals surface area contributed by atoms with E-state index < -0.39 is 15.5 Å². The van der Waals surface area contributed by atoms with E-state index in [0.717, 1.165) is 29.7 Å². The molecule has 196 valence electrons. The van der Waals surface area contributed by atoms with Crippen LogP contribution in [0.25, 0.3) is 33.4 Å². The van der Waals surface area contributed by atoms with E-state index in [1.807, 2.05) is 30.7 Å². The molecular formula is C28H29FN6O2S. The number of aromatic nitrogens is 3. The summed E-state index contributed by atoms with van der Waals surface area (Å²) in [5.41, 5.74) is 11.8. The van der Waals surface area contributed by atoms with E-state index in [1.165, 1.54) is 12.4 Å². The van der Waals surface area contributed by atoms with Crippen LogP contribution in [0, 0.1) is 12.7 Å². The van der Waals surface area contributed by atoms with Crippen molar-refractivity contribution in [2.24, 2.45) is 11.4 Å². The van der Waals surface area contributed by atoms with Gasteiger partial charge in [0.1, 0.15) is 29.3 Å². The first kappa shape index (κ1) is 25.6. The molecule has 1 amide bonds. The minimum absolute atomic E-state index is 0.0976. The number of nitrogens with zero attached hydrogens (tertiary/aromatic N) is 4. The van der Waals surface area contributed by atoms with Gasteiger partial charge in [-0.1, -0.05) is 18.7 Å². The fraction of sp³-hybridized carbons (Fsp3) is 0.250. The Balaban J connectivity index is 1.69. The molecule has 2 aromatic carbocycles. The number of amides is 1. The second-order valence-electron chi connectivity index (χ2n) is 9.65. The number of benzene rings is 2. The number of carbonyl (C=O) groups excluding carboxylic acids is 1. The number of anilines is 2. The average molecular weight is 533 g/mol. The van der Waals surface area contributed by atoms with Crippen molar-refractivity contribution in [3.05, 3.63) is 66.3 Å². The lowest BCUT2D eigenvalue weighted by Gasteiger charge is -2.14. The number of hydrogen-bond donors (Lipinski definition) is 2. The standard InChI is InChI=1S/C28H29FN6O2S/c1-16(2)28(36)33-19-8-9-20(17(3)13-19)25-23(24-26(30)31-15-32-27(24)35(25)4)18-7-10-22(21(29)14-18)34-38(37)11-5-6-12-38/h7-10,13-15H,1,5-6,11-12H2,2-4H3,(H,33,36)(H2,30,31,32). The van der Waals surface area contributed by atoms with Crippen LogP contribution < -0.4 is 11.1 Å². The highest BCUT2D eigenvalue weighted by molar-refractivity contribution is 7.93. The van der Waals surface area contributed by atoms with Gasteiger partial charge in [-0.25, -0.2) is 18.6 Å². The molecule has 10 heteroatoms. The number of nitrogens with one attached hydrogen (secondary N) is 1. The summed E-state index contributed by atoms with van der Waals surface area (Å²) in [5.74, 6) is 0.462. The van der Waals surface area contributed by atoms with E-state index in [2.05, 4.69) is 26.2 Å². The van der Waals surface area contributed by atoms with E-state index in [9.17, 15) is 9.00 Å². The molecule has 0 unspecified atom stereocenters. The van der Waals surface area contributed by atoms with Crippen molar-refractivity contribution in [2.75, 3.05) is 22.6 Å². The second kappa shape index (κ2) is 9.68. The number of fused-ring (bicyclic) bond motifs is 1. The Labute approximate surface area is 221 Å². The third-order valence-corrected chi connectivity index (χ3v) is 9.18. The first-order chi connectivity index (χ1) is 18.1. The van der Waals surface area contributed by atoms with Gasteiger partial charge < -0.3 is 15.6 Å². The Morgan fingerprint density at radius 3 is 2.58 bits per heavy atom. The van der Waals surface area contributed by atoms with Crippen LogP contribution in [0.2, 0.25) is 0 Å². The molecule has 1 aliphatic rings. The Morgan fingerprint density at radius 2 is 1.92 bits per heavy atom. The highest BCUT2D eigenvalue weighted by Crippen LogP contribution is 2.43. The quantitative estimate of drug-likeness (QED) is 0.318. The van der Waals surface area contributed by atoms with Crippen LogP contribution in [0.15, 0.2) is 59.2 Å². The Kier molecular flexibility index (Phi) is 6.52. The summed E-state index contributed by atoms with van der Waals surface area (Å²) < 4.78 is 34.5. The summed E-state index contributed by atoms with van der Waals surface area (Å²) in [7, 11) is -0.544. The van der Waals surface area contributed by atoms with Gasteiger partial charge in [-0.15, -0.1) is 0 Å². The first-order valence-corrected chi connectivity index (χ1v) is 14.1. The van der Waals surface area contributed by atoms with E-state index in [0.29, 0.717) is 44.9 Å². The van der Waals surface area contributed by atoms with Gasteiger partial charge >= 0.3 is 0 Å². The van der Waals surface area contributed by atoms with Crippen molar-refractivity contribution in [3.8, 4) is 22.4 Å². The number of aryl methyl sites for hydroxylation is 2. The molecule has 8 nitrogen and oxygen atoms in total. The van der Waals surface area contributed by atoms with Gasteiger partial charge in [0.25, 0.3) is 5.91 Å². The van der Waals surface area contributed by atoms with Crippen molar-refractivity contribution in [1.82, 2.24) is 14.5 Å². The molecule has 0 atom stereocenters. The van der Waals surface area contributed by atoms with Crippen LogP contribution in [-0.2, 0) is 21.6 Å². The number of carbonyl (C=O) groups is 1. The van der Waals surface area contributed by atoms with Gasteiger partial charge in [-0.2, -0.15) is 4.36 Å². The van der Waals surface area contributed by atoms with Crippen LogP contribution in [0.3, 0.4) is 0 Å². The van der Waals surface area contributed by atoms with Crippen LogP contribution in [0.4, 0.5) is 21.6 Å². The topological polar surface area (TPSA) is 115 Å². The molecule has 2 aromatic heterocycles. The average Bonchev–Trinajstić information content (AvgIpc) is 3.42. The van der Waals surface area contributed by atoms with Crippen LogP contribution in [-0.4, -0.2) is 36.2 Å². The summed E-state index contributed by atoms with van der Waals surface area (Å²) in [6.07, 6.45) is 3.08. The van der Waals surface area contributed by atoms with Gasteiger partial charge in [0.2, 0.25) is 0 Å². The molecule has 1 saturated heterocycles. The maximum absolute atomic E-state index is 15.4. The molecule has 0 radical (unpaired) electrons. The van der Waals surface area contributed by atoms with Gasteiger partial charge in [0.05, 0.1) is 20.8 Å². The van der Waals surface area contributed by atoms with Crippen molar-refractivity contribution < 1.29 is 13.4 Å².